The Kier molecular flexibility index (Phi) is 10.4. The minimum absolute atomic E-state index is 0.148. The quantitative estimate of drug-likeness (QED) is 0.0724. The topological polar surface area (TPSA) is 74.7 Å². The highest BCUT2D eigenvalue weighted by Crippen LogP contribution is 2.31. The van der Waals surface area contributed by atoms with Crippen molar-refractivity contribution in [2.24, 2.45) is 0 Å². The van der Waals surface area contributed by atoms with E-state index in [2.05, 4.69) is 4.98 Å². The minimum atomic E-state index is -0.523. The number of aromatic nitrogens is 1. The number of carbonyl (C=O) groups excluding carboxylic acids is 2. The lowest BCUT2D eigenvalue weighted by molar-refractivity contribution is 0.0485. The Labute approximate surface area is 251 Å². The van der Waals surface area contributed by atoms with Crippen molar-refractivity contribution in [3.8, 4) is 17.4 Å². The monoisotopic (exact) mass is 615 g/mol. The van der Waals surface area contributed by atoms with Gasteiger partial charge in [0, 0.05) is 39.3 Å². The van der Waals surface area contributed by atoms with Crippen molar-refractivity contribution in [2.45, 2.75) is 6.42 Å². The average Bonchev–Trinajstić information content (AvgIpc) is 2.94. The Bertz CT molecular complexity index is 1540. The molecule has 204 valence electrons. The second kappa shape index (κ2) is 14.2. The van der Waals surface area contributed by atoms with E-state index in [9.17, 15) is 9.59 Å². The third-order valence-corrected chi connectivity index (χ3v) is 6.48. The molecular formula is C30H21Cl4NO5. The highest BCUT2D eigenvalue weighted by Gasteiger charge is 2.11. The molecule has 0 aliphatic carbocycles. The van der Waals surface area contributed by atoms with Crippen LogP contribution in [0.4, 0.5) is 0 Å². The van der Waals surface area contributed by atoms with Crippen molar-refractivity contribution in [3.63, 3.8) is 0 Å². The highest BCUT2D eigenvalue weighted by molar-refractivity contribution is 6.36. The first-order valence-corrected chi connectivity index (χ1v) is 13.5. The van der Waals surface area contributed by atoms with E-state index in [0.717, 1.165) is 0 Å². The molecule has 0 bridgehead atoms. The smallest absolute Gasteiger partial charge is 0.338 e. The second-order valence-corrected chi connectivity index (χ2v) is 9.97. The van der Waals surface area contributed by atoms with Crippen LogP contribution in [0.2, 0.25) is 20.1 Å². The lowest BCUT2D eigenvalue weighted by Crippen LogP contribution is -2.09. The molecule has 1 heterocycles. The molecule has 4 aromatic rings. The van der Waals surface area contributed by atoms with Crippen LogP contribution in [-0.2, 0) is 4.74 Å². The van der Waals surface area contributed by atoms with E-state index >= 15 is 0 Å². The number of carbonyl (C=O) groups is 2. The first-order valence-electron chi connectivity index (χ1n) is 11.9. The molecule has 0 atom stereocenters. The van der Waals surface area contributed by atoms with E-state index in [1.807, 2.05) is 0 Å². The predicted octanol–water partition coefficient (Wildman–Crippen LogP) is 9.01. The molecule has 40 heavy (non-hydrogen) atoms. The first-order chi connectivity index (χ1) is 19.3. The van der Waals surface area contributed by atoms with Gasteiger partial charge in [-0.2, -0.15) is 0 Å². The van der Waals surface area contributed by atoms with Gasteiger partial charge in [0.1, 0.15) is 11.5 Å². The van der Waals surface area contributed by atoms with Crippen LogP contribution in [0, 0.1) is 0 Å². The normalized spacial score (nSPS) is 10.9. The maximum atomic E-state index is 12.5. The molecule has 0 radical (unpaired) electrons. The zero-order chi connectivity index (χ0) is 28.5. The summed E-state index contributed by atoms with van der Waals surface area (Å²) >= 11 is 24.1. The SMILES string of the molecule is O=C(/C=C/c1ccc(Cl)cc1Cl)c1ccc(OCCCOC(=O)c2ccnc(Oc3ccc(Cl)cc3Cl)c2)cc1. The molecule has 0 amide bonds. The molecule has 3 aromatic carbocycles. The number of halogens is 4. The van der Waals surface area contributed by atoms with Gasteiger partial charge in [-0.1, -0.05) is 52.5 Å². The van der Waals surface area contributed by atoms with Gasteiger partial charge in [0.05, 0.1) is 23.8 Å². The van der Waals surface area contributed by atoms with Crippen molar-refractivity contribution in [1.29, 1.82) is 0 Å². The van der Waals surface area contributed by atoms with Crippen LogP contribution in [0.15, 0.2) is 85.1 Å². The third-order valence-electron chi connectivity index (χ3n) is 5.39. The summed E-state index contributed by atoms with van der Waals surface area (Å²) in [6.07, 6.45) is 4.99. The Morgan fingerprint density at radius 1 is 0.775 bits per heavy atom. The fraction of sp³-hybridized carbons (Fsp3) is 0.100. The zero-order valence-electron chi connectivity index (χ0n) is 20.8. The molecule has 6 nitrogen and oxygen atoms in total. The van der Waals surface area contributed by atoms with Gasteiger partial charge in [-0.15, -0.1) is 0 Å². The molecule has 1 aromatic heterocycles. The number of nitrogens with zero attached hydrogens (tertiary/aromatic N) is 1. The van der Waals surface area contributed by atoms with Crippen LogP contribution >= 0.6 is 46.4 Å². The van der Waals surface area contributed by atoms with E-state index in [1.165, 1.54) is 24.4 Å². The number of hydrogen-bond acceptors (Lipinski definition) is 6. The number of hydrogen-bond donors (Lipinski definition) is 0. The van der Waals surface area contributed by atoms with E-state index in [1.54, 1.807) is 66.7 Å². The lowest BCUT2D eigenvalue weighted by atomic mass is 10.1. The molecule has 10 heteroatoms. The molecule has 0 fully saturated rings. The number of ether oxygens (including phenoxy) is 3. The maximum Gasteiger partial charge on any atom is 0.338 e. The number of pyridine rings is 1. The Balaban J connectivity index is 1.20. The number of ketones is 1. The molecule has 0 aliphatic heterocycles. The van der Waals surface area contributed by atoms with Gasteiger partial charge in [-0.05, 0) is 78.4 Å². The van der Waals surface area contributed by atoms with Crippen LogP contribution < -0.4 is 9.47 Å². The second-order valence-electron chi connectivity index (χ2n) is 8.29. The maximum absolute atomic E-state index is 12.5. The van der Waals surface area contributed by atoms with Gasteiger partial charge in [-0.3, -0.25) is 4.79 Å². The third kappa shape index (κ3) is 8.47. The van der Waals surface area contributed by atoms with Crippen molar-refractivity contribution in [2.75, 3.05) is 13.2 Å². The van der Waals surface area contributed by atoms with Gasteiger partial charge in [-0.25, -0.2) is 9.78 Å². The minimum Gasteiger partial charge on any atom is -0.493 e. The van der Waals surface area contributed by atoms with Gasteiger partial charge in [0.25, 0.3) is 0 Å². The number of esters is 1. The summed E-state index contributed by atoms with van der Waals surface area (Å²) in [7, 11) is 0. The summed E-state index contributed by atoms with van der Waals surface area (Å²) in [5.74, 6) is 0.436. The van der Waals surface area contributed by atoms with E-state index in [0.29, 0.717) is 55.7 Å². The van der Waals surface area contributed by atoms with Crippen molar-refractivity contribution in [3.05, 3.63) is 122 Å². The summed E-state index contributed by atoms with van der Waals surface area (Å²) in [6, 6.07) is 19.6. The zero-order valence-corrected chi connectivity index (χ0v) is 23.8. The van der Waals surface area contributed by atoms with Crippen LogP contribution in [0.3, 0.4) is 0 Å². The highest BCUT2D eigenvalue weighted by atomic mass is 35.5. The molecule has 0 saturated heterocycles. The largest absolute Gasteiger partial charge is 0.493 e. The average molecular weight is 617 g/mol. The van der Waals surface area contributed by atoms with Crippen molar-refractivity contribution >= 4 is 64.2 Å². The Hall–Kier alpha value is -3.55. The van der Waals surface area contributed by atoms with Crippen LogP contribution in [0.5, 0.6) is 17.4 Å². The lowest BCUT2D eigenvalue weighted by Gasteiger charge is -2.09. The van der Waals surface area contributed by atoms with Gasteiger partial charge >= 0.3 is 5.97 Å². The summed E-state index contributed by atoms with van der Waals surface area (Å²) < 4.78 is 16.7. The van der Waals surface area contributed by atoms with Crippen LogP contribution in [0.25, 0.3) is 6.08 Å². The van der Waals surface area contributed by atoms with E-state index in [-0.39, 0.29) is 23.8 Å². The summed E-state index contributed by atoms with van der Waals surface area (Å²) in [5, 5.41) is 1.78. The van der Waals surface area contributed by atoms with Crippen molar-refractivity contribution in [1.82, 2.24) is 4.98 Å². The molecule has 0 N–H and O–H groups in total. The summed E-state index contributed by atoms with van der Waals surface area (Å²) in [6.45, 7) is 0.463. The molecule has 0 saturated carbocycles. The number of benzene rings is 3. The van der Waals surface area contributed by atoms with Gasteiger partial charge in [0.2, 0.25) is 5.88 Å². The molecule has 0 unspecified atom stereocenters. The Morgan fingerprint density at radius 3 is 2.23 bits per heavy atom. The Morgan fingerprint density at radius 2 is 1.50 bits per heavy atom. The first kappa shape index (κ1) is 29.4. The molecule has 0 aliphatic rings. The van der Waals surface area contributed by atoms with E-state index in [4.69, 9.17) is 60.6 Å². The van der Waals surface area contributed by atoms with Crippen LogP contribution in [-0.4, -0.2) is 30.0 Å². The van der Waals surface area contributed by atoms with E-state index < -0.39 is 5.97 Å². The van der Waals surface area contributed by atoms with Crippen molar-refractivity contribution < 1.29 is 23.8 Å². The molecule has 4 rings (SSSR count). The standard InChI is InChI=1S/C30H21Cl4NO5/c31-22-6-2-19(25(33)17-22)5-10-27(36)20-3-8-24(9-4-20)38-14-1-15-39-30(37)21-12-13-35-29(16-21)40-28-11-7-23(32)18-26(28)34/h2-13,16-18H,1,14-15H2/b10-5+. The number of rotatable bonds is 11. The summed E-state index contributed by atoms with van der Waals surface area (Å²) in [4.78, 5) is 29.0. The van der Waals surface area contributed by atoms with Gasteiger partial charge < -0.3 is 14.2 Å². The summed E-state index contributed by atoms with van der Waals surface area (Å²) in [5.41, 5.74) is 1.48. The van der Waals surface area contributed by atoms with Gasteiger partial charge in [0.15, 0.2) is 5.78 Å². The predicted molar refractivity (Wildman–Crippen MR) is 157 cm³/mol. The fourth-order valence-electron chi connectivity index (χ4n) is 3.37. The number of allylic oxidation sites excluding steroid dienone is 1. The molecular weight excluding hydrogens is 596 g/mol. The van der Waals surface area contributed by atoms with Crippen LogP contribution in [0.1, 0.15) is 32.7 Å². The molecule has 0 spiro atoms. The fourth-order valence-corrected chi connectivity index (χ4v) is 4.29.